The molecule has 4 aliphatic rings. The van der Waals surface area contributed by atoms with Gasteiger partial charge in [0.15, 0.2) is 22.6 Å². The van der Waals surface area contributed by atoms with E-state index < -0.39 is 39.4 Å². The van der Waals surface area contributed by atoms with Gasteiger partial charge in [0.2, 0.25) is 0 Å². The van der Waals surface area contributed by atoms with E-state index in [1.54, 1.807) is 13.8 Å². The second-order valence-electron chi connectivity index (χ2n) is 12.9. The molecule has 4 rings (SSSR count). The van der Waals surface area contributed by atoms with Crippen molar-refractivity contribution in [3.63, 3.8) is 0 Å². The minimum atomic E-state index is -2.28. The highest BCUT2D eigenvalue weighted by Crippen LogP contribution is 2.76. The first kappa shape index (κ1) is 26.1. The molecule has 0 amide bonds. The molecule has 4 aliphatic carbocycles. The number of fused-ring (bicyclic) bond motifs is 5. The highest BCUT2D eigenvalue weighted by molar-refractivity contribution is 6.30. The number of ketones is 2. The molecular weight excluding hydrogens is 448 g/mol. The second kappa shape index (κ2) is 7.27. The molecule has 0 heterocycles. The Labute approximate surface area is 208 Å². The number of Topliss-reactive ketones (excluding diaryl/α,β-unsaturated/α-hetero) is 2. The Morgan fingerprint density at radius 1 is 1.00 bits per heavy atom. The molecule has 0 bridgehead atoms. The van der Waals surface area contributed by atoms with Crippen molar-refractivity contribution in [1.29, 1.82) is 0 Å². The van der Waals surface area contributed by atoms with E-state index in [1.165, 1.54) is 21.0 Å². The van der Waals surface area contributed by atoms with E-state index >= 15 is 0 Å². The minimum absolute atomic E-state index is 0.155. The molecule has 0 saturated heterocycles. The van der Waals surface area contributed by atoms with Crippen LogP contribution < -0.4 is 0 Å². The summed E-state index contributed by atoms with van der Waals surface area (Å²) >= 11 is 0. The molecule has 3 saturated carbocycles. The van der Waals surface area contributed by atoms with Gasteiger partial charge in [0.25, 0.3) is 0 Å². The molecule has 0 aromatic heterocycles. The molecule has 0 aliphatic heterocycles. The minimum Gasteiger partial charge on any atom is -0.468 e. The Morgan fingerprint density at radius 2 is 1.60 bits per heavy atom. The molecule has 3 fully saturated rings. The highest BCUT2D eigenvalue weighted by atomic mass is 16.5. The lowest BCUT2D eigenvalue weighted by molar-refractivity contribution is -0.219. The van der Waals surface area contributed by atoms with Gasteiger partial charge in [-0.2, -0.15) is 0 Å². The largest absolute Gasteiger partial charge is 0.468 e. The van der Waals surface area contributed by atoms with Crippen molar-refractivity contribution in [2.24, 2.45) is 38.9 Å². The number of ether oxygens (including phenoxy) is 2. The number of methoxy groups -OCH3 is 1. The number of carbonyl (C=O) groups is 4. The number of carbonyl (C=O) groups excluding carboxylic acids is 4. The summed E-state index contributed by atoms with van der Waals surface area (Å²) in [5.41, 5.74) is -6.57. The van der Waals surface area contributed by atoms with Crippen molar-refractivity contribution in [3.8, 4) is 0 Å². The van der Waals surface area contributed by atoms with Crippen molar-refractivity contribution in [3.05, 3.63) is 11.6 Å². The van der Waals surface area contributed by atoms with Crippen LogP contribution in [0.2, 0.25) is 0 Å². The summed E-state index contributed by atoms with van der Waals surface area (Å²) in [5, 5.41) is 11.2. The van der Waals surface area contributed by atoms with Crippen molar-refractivity contribution < 1.29 is 33.8 Å². The Balaban J connectivity index is 1.97. The molecule has 0 unspecified atom stereocenters. The van der Waals surface area contributed by atoms with E-state index in [0.29, 0.717) is 24.8 Å². The second-order valence-corrected chi connectivity index (χ2v) is 12.9. The first-order chi connectivity index (χ1) is 15.9. The van der Waals surface area contributed by atoms with Crippen LogP contribution in [-0.2, 0) is 28.7 Å². The molecule has 1 N–H and O–H groups in total. The molecule has 0 spiro atoms. The third-order valence-corrected chi connectivity index (χ3v) is 11.1. The van der Waals surface area contributed by atoms with Crippen LogP contribution in [0.4, 0.5) is 0 Å². The van der Waals surface area contributed by atoms with Crippen LogP contribution in [0.3, 0.4) is 0 Å². The van der Waals surface area contributed by atoms with Crippen molar-refractivity contribution in [2.75, 3.05) is 7.11 Å². The molecule has 8 atom stereocenters. The van der Waals surface area contributed by atoms with E-state index in [-0.39, 0.29) is 34.7 Å². The summed E-state index contributed by atoms with van der Waals surface area (Å²) in [6, 6.07) is 0. The first-order valence-corrected chi connectivity index (χ1v) is 12.7. The summed E-state index contributed by atoms with van der Waals surface area (Å²) in [4.78, 5) is 53.4. The fraction of sp³-hybridized carbons (Fsp3) is 0.786. The fourth-order valence-corrected chi connectivity index (χ4v) is 9.43. The maximum absolute atomic E-state index is 14.1. The number of hydrogen-bond donors (Lipinski definition) is 1. The topological polar surface area (TPSA) is 107 Å². The maximum atomic E-state index is 14.1. The summed E-state index contributed by atoms with van der Waals surface area (Å²) in [6.45, 7) is 14.5. The van der Waals surface area contributed by atoms with Gasteiger partial charge >= 0.3 is 11.9 Å². The average Bonchev–Trinajstić information content (AvgIpc) is 2.88. The summed E-state index contributed by atoms with van der Waals surface area (Å²) < 4.78 is 11.0. The lowest BCUT2D eigenvalue weighted by Gasteiger charge is -2.68. The highest BCUT2D eigenvalue weighted by Gasteiger charge is 2.85. The Morgan fingerprint density at radius 3 is 2.14 bits per heavy atom. The number of allylic oxidation sites excluding steroid dienone is 2. The molecular formula is C28H40O7. The van der Waals surface area contributed by atoms with Gasteiger partial charge in [0.1, 0.15) is 6.10 Å². The molecule has 0 aromatic rings. The third kappa shape index (κ3) is 2.66. The average molecular weight is 489 g/mol. The predicted molar refractivity (Wildman–Crippen MR) is 128 cm³/mol. The Hall–Kier alpha value is -2.02. The van der Waals surface area contributed by atoms with Gasteiger partial charge in [-0.3, -0.25) is 19.2 Å². The van der Waals surface area contributed by atoms with E-state index in [1.807, 2.05) is 6.92 Å². The smallest absolute Gasteiger partial charge is 0.321 e. The van der Waals surface area contributed by atoms with Gasteiger partial charge in [-0.25, -0.2) is 0 Å². The number of rotatable bonds is 2. The lowest BCUT2D eigenvalue weighted by Crippen LogP contribution is -2.70. The summed E-state index contributed by atoms with van der Waals surface area (Å²) in [7, 11) is 1.25. The quantitative estimate of drug-likeness (QED) is 0.358. The zero-order chi connectivity index (χ0) is 26.6. The molecule has 7 nitrogen and oxygen atoms in total. The first-order valence-electron chi connectivity index (χ1n) is 12.7. The zero-order valence-corrected chi connectivity index (χ0v) is 22.5. The number of hydrogen-bond acceptors (Lipinski definition) is 7. The van der Waals surface area contributed by atoms with E-state index in [4.69, 9.17) is 9.47 Å². The van der Waals surface area contributed by atoms with Crippen LogP contribution >= 0.6 is 0 Å². The molecule has 35 heavy (non-hydrogen) atoms. The molecule has 194 valence electrons. The molecule has 0 radical (unpaired) electrons. The van der Waals surface area contributed by atoms with Crippen LogP contribution in [0.25, 0.3) is 0 Å². The normalized spacial score (nSPS) is 48.3. The Bertz CT molecular complexity index is 1050. The summed E-state index contributed by atoms with van der Waals surface area (Å²) in [6.07, 6.45) is 4.49. The predicted octanol–water partition coefficient (Wildman–Crippen LogP) is 3.81. The maximum Gasteiger partial charge on any atom is 0.321 e. The van der Waals surface area contributed by atoms with E-state index in [9.17, 15) is 24.3 Å². The van der Waals surface area contributed by atoms with E-state index in [2.05, 4.69) is 26.8 Å². The SMILES string of the molecule is COC(=O)[C@]12C(=O)[C@](C)(O)C(=O)[C@]1(C)C(C)=C[C@H]1[C@]3(C)CC[C@H](OC(C)=O)C(C)(C)[C@@H]3CC[C@@]12C. The van der Waals surface area contributed by atoms with Crippen LogP contribution in [0, 0.1) is 38.9 Å². The van der Waals surface area contributed by atoms with Crippen LogP contribution in [0.15, 0.2) is 11.6 Å². The van der Waals surface area contributed by atoms with Gasteiger partial charge < -0.3 is 14.6 Å². The van der Waals surface area contributed by atoms with Gasteiger partial charge in [-0.1, -0.05) is 39.3 Å². The van der Waals surface area contributed by atoms with Crippen LogP contribution in [0.5, 0.6) is 0 Å². The Kier molecular flexibility index (Phi) is 5.41. The van der Waals surface area contributed by atoms with Gasteiger partial charge in [0, 0.05) is 12.3 Å². The van der Waals surface area contributed by atoms with Gasteiger partial charge in [-0.15, -0.1) is 0 Å². The lowest BCUT2D eigenvalue weighted by atomic mass is 9.34. The van der Waals surface area contributed by atoms with Crippen molar-refractivity contribution in [2.45, 2.75) is 92.8 Å². The number of esters is 2. The standard InChI is InChI=1S/C28H40O7/c1-15-14-18-24(5)12-11-19(35-16(2)29)23(3,4)17(24)10-13-25(18,6)28(22(32)34-9)21(31)27(8,33)20(30)26(15,28)7/h14,17-19,33H,10-13H2,1-9H3/t17-,18-,19-,24+,25-,26-,27+,28-/m0/s1. The van der Waals surface area contributed by atoms with Crippen molar-refractivity contribution >= 4 is 23.5 Å². The van der Waals surface area contributed by atoms with Gasteiger partial charge in [0.05, 0.1) is 12.5 Å². The van der Waals surface area contributed by atoms with Gasteiger partial charge in [-0.05, 0) is 69.1 Å². The van der Waals surface area contributed by atoms with Crippen LogP contribution in [-0.4, -0.2) is 47.4 Å². The van der Waals surface area contributed by atoms with Crippen molar-refractivity contribution in [1.82, 2.24) is 0 Å². The monoisotopic (exact) mass is 488 g/mol. The third-order valence-electron chi connectivity index (χ3n) is 11.1. The summed E-state index contributed by atoms with van der Waals surface area (Å²) in [5.74, 6) is -2.49. The molecule has 7 heteroatoms. The number of aliphatic hydroxyl groups is 1. The van der Waals surface area contributed by atoms with E-state index in [0.717, 1.165) is 6.42 Å². The van der Waals surface area contributed by atoms with Crippen LogP contribution in [0.1, 0.15) is 81.1 Å². The fourth-order valence-electron chi connectivity index (χ4n) is 9.43. The molecule has 0 aromatic carbocycles. The zero-order valence-electron chi connectivity index (χ0n) is 22.5.